The minimum Gasteiger partial charge on any atom is -0.462 e. The van der Waals surface area contributed by atoms with Gasteiger partial charge in [0.2, 0.25) is 0 Å². The number of fused-ring (bicyclic) bond motifs is 1. The molecule has 1 aliphatic rings. The zero-order valence-electron chi connectivity index (χ0n) is 16.5. The minimum absolute atomic E-state index is 0.206. The average molecular weight is 419 g/mol. The fraction of sp³-hybridized carbons (Fsp3) is 0.429. The van der Waals surface area contributed by atoms with Crippen molar-refractivity contribution in [2.75, 3.05) is 31.3 Å². The lowest BCUT2D eigenvalue weighted by Crippen LogP contribution is -2.30. The molecule has 0 atom stereocenters. The molecule has 0 bridgehead atoms. The Hall–Kier alpha value is -1.83. The van der Waals surface area contributed by atoms with Crippen LogP contribution >= 0.6 is 23.1 Å². The summed E-state index contributed by atoms with van der Waals surface area (Å²) < 4.78 is 5.28. The number of carbonyl (C=O) groups is 2. The van der Waals surface area contributed by atoms with Gasteiger partial charge in [-0.15, -0.1) is 23.1 Å². The lowest BCUT2D eigenvalue weighted by Gasteiger charge is -2.26. The second-order valence-corrected chi connectivity index (χ2v) is 8.62. The third-order valence-corrected chi connectivity index (χ3v) is 6.61. The molecule has 2 heterocycles. The average Bonchev–Trinajstić information content (AvgIpc) is 3.05. The molecule has 0 saturated heterocycles. The molecular weight excluding hydrogens is 392 g/mol. The van der Waals surface area contributed by atoms with Gasteiger partial charge in [-0.2, -0.15) is 0 Å². The lowest BCUT2D eigenvalue weighted by atomic mass is 10.0. The maximum absolute atomic E-state index is 12.8. The molecule has 150 valence electrons. The van der Waals surface area contributed by atoms with Crippen LogP contribution in [-0.4, -0.2) is 42.7 Å². The Labute approximate surface area is 174 Å². The molecule has 0 radical (unpaired) electrons. The van der Waals surface area contributed by atoms with E-state index in [-0.39, 0.29) is 11.9 Å². The van der Waals surface area contributed by atoms with Crippen LogP contribution < -0.4 is 5.32 Å². The first-order valence-corrected chi connectivity index (χ1v) is 11.6. The summed E-state index contributed by atoms with van der Waals surface area (Å²) in [5.74, 6) is -0.556. The van der Waals surface area contributed by atoms with E-state index < -0.39 is 0 Å². The number of thioether (sulfide) groups is 1. The smallest absolute Gasteiger partial charge is 0.341 e. The maximum Gasteiger partial charge on any atom is 0.341 e. The van der Waals surface area contributed by atoms with Crippen LogP contribution in [0.2, 0.25) is 0 Å². The van der Waals surface area contributed by atoms with E-state index in [1.807, 2.05) is 30.5 Å². The number of hydrogen-bond acceptors (Lipinski definition) is 6. The zero-order chi connectivity index (χ0) is 20.1. The molecule has 2 aromatic rings. The number of benzene rings is 1. The monoisotopic (exact) mass is 418 g/mol. The van der Waals surface area contributed by atoms with Crippen molar-refractivity contribution in [2.45, 2.75) is 38.1 Å². The Morgan fingerprint density at radius 2 is 2.00 bits per heavy atom. The molecule has 1 amide bonds. The van der Waals surface area contributed by atoms with Crippen molar-refractivity contribution < 1.29 is 14.3 Å². The van der Waals surface area contributed by atoms with Crippen molar-refractivity contribution in [3.8, 4) is 0 Å². The van der Waals surface area contributed by atoms with Gasteiger partial charge in [0, 0.05) is 28.4 Å². The van der Waals surface area contributed by atoms with Gasteiger partial charge in [0.25, 0.3) is 5.91 Å². The summed E-state index contributed by atoms with van der Waals surface area (Å²) in [4.78, 5) is 30.0. The number of anilines is 1. The van der Waals surface area contributed by atoms with Gasteiger partial charge in [0.1, 0.15) is 5.00 Å². The number of nitrogens with one attached hydrogen (secondary N) is 1. The number of nitrogens with zero attached hydrogens (tertiary/aromatic N) is 1. The van der Waals surface area contributed by atoms with Crippen LogP contribution in [0.4, 0.5) is 5.00 Å². The predicted molar refractivity (Wildman–Crippen MR) is 116 cm³/mol. The van der Waals surface area contributed by atoms with Crippen LogP contribution in [0, 0.1) is 0 Å². The molecule has 0 fully saturated rings. The number of carbonyl (C=O) groups excluding carboxylic acids is 2. The second kappa shape index (κ2) is 9.58. The van der Waals surface area contributed by atoms with Crippen molar-refractivity contribution in [1.29, 1.82) is 0 Å². The normalized spacial score (nSPS) is 13.8. The highest BCUT2D eigenvalue weighted by atomic mass is 32.2. The molecule has 0 aliphatic carbocycles. The highest BCUT2D eigenvalue weighted by molar-refractivity contribution is 7.98. The molecule has 1 aromatic heterocycles. The number of ether oxygens (including phenoxy) is 1. The third kappa shape index (κ3) is 4.59. The van der Waals surface area contributed by atoms with Gasteiger partial charge >= 0.3 is 5.97 Å². The van der Waals surface area contributed by atoms with Gasteiger partial charge in [0.05, 0.1) is 12.2 Å². The molecule has 1 aliphatic heterocycles. The van der Waals surface area contributed by atoms with E-state index in [2.05, 4.69) is 17.1 Å². The van der Waals surface area contributed by atoms with Crippen molar-refractivity contribution in [3.05, 3.63) is 45.8 Å². The third-order valence-electron chi connectivity index (χ3n) is 4.73. The lowest BCUT2D eigenvalue weighted by molar-refractivity contribution is 0.0526. The highest BCUT2D eigenvalue weighted by Gasteiger charge is 2.29. The quantitative estimate of drug-likeness (QED) is 0.523. The molecule has 1 N–H and O–H groups in total. The van der Waals surface area contributed by atoms with Crippen LogP contribution in [0.5, 0.6) is 0 Å². The summed E-state index contributed by atoms with van der Waals surface area (Å²) in [5, 5.41) is 3.56. The van der Waals surface area contributed by atoms with Crippen molar-refractivity contribution in [3.63, 3.8) is 0 Å². The fourth-order valence-electron chi connectivity index (χ4n) is 3.39. The number of hydrogen-bond donors (Lipinski definition) is 1. The summed E-state index contributed by atoms with van der Waals surface area (Å²) >= 11 is 3.13. The minimum atomic E-state index is -0.350. The van der Waals surface area contributed by atoms with E-state index in [1.54, 1.807) is 18.7 Å². The molecule has 3 rings (SSSR count). The summed E-state index contributed by atoms with van der Waals surface area (Å²) in [6.45, 7) is 7.06. The van der Waals surface area contributed by atoms with E-state index in [0.717, 1.165) is 47.8 Å². The largest absolute Gasteiger partial charge is 0.462 e. The second-order valence-electron chi connectivity index (χ2n) is 6.64. The van der Waals surface area contributed by atoms with E-state index >= 15 is 0 Å². The van der Waals surface area contributed by atoms with Crippen LogP contribution in [-0.2, 0) is 17.7 Å². The molecule has 0 unspecified atom stereocenters. The first kappa shape index (κ1) is 20.9. The van der Waals surface area contributed by atoms with Gasteiger partial charge in [0.15, 0.2) is 0 Å². The summed E-state index contributed by atoms with van der Waals surface area (Å²) in [7, 11) is 0. The van der Waals surface area contributed by atoms with Crippen molar-refractivity contribution in [1.82, 2.24) is 4.90 Å². The van der Waals surface area contributed by atoms with E-state index in [4.69, 9.17) is 4.74 Å². The summed E-state index contributed by atoms with van der Waals surface area (Å²) in [5.41, 5.74) is 2.14. The first-order valence-electron chi connectivity index (χ1n) is 9.56. The van der Waals surface area contributed by atoms with Gasteiger partial charge in [-0.05, 0) is 62.4 Å². The van der Waals surface area contributed by atoms with E-state index in [0.29, 0.717) is 22.7 Å². The number of amides is 1. The van der Waals surface area contributed by atoms with E-state index in [9.17, 15) is 9.59 Å². The Morgan fingerprint density at radius 1 is 1.25 bits per heavy atom. The van der Waals surface area contributed by atoms with Crippen molar-refractivity contribution >= 4 is 40.0 Å². The molecule has 5 nitrogen and oxygen atoms in total. The molecule has 0 spiro atoms. The molecule has 0 saturated carbocycles. The van der Waals surface area contributed by atoms with Gasteiger partial charge in [-0.1, -0.05) is 6.92 Å². The zero-order valence-corrected chi connectivity index (χ0v) is 18.2. The van der Waals surface area contributed by atoms with Crippen LogP contribution in [0.3, 0.4) is 0 Å². The topological polar surface area (TPSA) is 58.6 Å². The van der Waals surface area contributed by atoms with Crippen LogP contribution in [0.25, 0.3) is 0 Å². The Bertz CT molecular complexity index is 846. The van der Waals surface area contributed by atoms with Crippen LogP contribution in [0.15, 0.2) is 29.2 Å². The molecule has 28 heavy (non-hydrogen) atoms. The standard InChI is InChI=1S/C21H26N2O3S2/c1-4-11-23-12-10-16-17(13-23)28-20(18(16)21(25)26-5-2)22-19(24)14-6-8-15(27-3)9-7-14/h6-9H,4-5,10-13H2,1-3H3,(H,22,24). The highest BCUT2D eigenvalue weighted by Crippen LogP contribution is 2.38. The Kier molecular flexibility index (Phi) is 7.15. The fourth-order valence-corrected chi connectivity index (χ4v) is 5.07. The van der Waals surface area contributed by atoms with Gasteiger partial charge in [-0.25, -0.2) is 4.79 Å². The maximum atomic E-state index is 12.8. The van der Waals surface area contributed by atoms with Gasteiger partial charge in [-0.3, -0.25) is 9.69 Å². The van der Waals surface area contributed by atoms with Crippen LogP contribution in [0.1, 0.15) is 51.4 Å². The predicted octanol–water partition coefficient (Wildman–Crippen LogP) is 4.67. The van der Waals surface area contributed by atoms with E-state index in [1.165, 1.54) is 11.3 Å². The number of thiophene rings is 1. The number of rotatable bonds is 7. The SMILES string of the molecule is CCCN1CCc2c(sc(NC(=O)c3ccc(SC)cc3)c2C(=O)OCC)C1. The summed E-state index contributed by atoms with van der Waals surface area (Å²) in [6, 6.07) is 7.46. The molecule has 1 aromatic carbocycles. The Morgan fingerprint density at radius 3 is 2.64 bits per heavy atom. The summed E-state index contributed by atoms with van der Waals surface area (Å²) in [6.07, 6.45) is 3.90. The molecule has 7 heteroatoms. The molecular formula is C21H26N2O3S2. The Balaban J connectivity index is 1.88. The first-order chi connectivity index (χ1) is 13.6. The number of esters is 1. The van der Waals surface area contributed by atoms with Crippen molar-refractivity contribution in [2.24, 2.45) is 0 Å². The van der Waals surface area contributed by atoms with Gasteiger partial charge < -0.3 is 10.1 Å².